The van der Waals surface area contributed by atoms with Gasteiger partial charge >= 0.3 is 5.97 Å². The number of carbonyl (C=O) groups is 3. The summed E-state index contributed by atoms with van der Waals surface area (Å²) in [5.74, 6) is -0.908. The van der Waals surface area contributed by atoms with Gasteiger partial charge in [-0.15, -0.1) is 13.2 Å². The van der Waals surface area contributed by atoms with Crippen LogP contribution in [0.2, 0.25) is 0 Å². The first-order valence-electron chi connectivity index (χ1n) is 14.2. The highest BCUT2D eigenvalue weighted by molar-refractivity contribution is 5.86. The zero-order valence-electron chi connectivity index (χ0n) is 24.1. The van der Waals surface area contributed by atoms with Crippen molar-refractivity contribution < 1.29 is 29.0 Å². The fraction of sp³-hybridized carbons (Fsp3) is 0.424. The van der Waals surface area contributed by atoms with Crippen LogP contribution in [0.3, 0.4) is 0 Å². The molecule has 8 nitrogen and oxygen atoms in total. The molecule has 0 heterocycles. The van der Waals surface area contributed by atoms with E-state index in [2.05, 4.69) is 23.8 Å². The van der Waals surface area contributed by atoms with Crippen molar-refractivity contribution in [1.29, 1.82) is 0 Å². The summed E-state index contributed by atoms with van der Waals surface area (Å²) >= 11 is 0. The van der Waals surface area contributed by atoms with Gasteiger partial charge in [-0.1, -0.05) is 54.6 Å². The van der Waals surface area contributed by atoms with Crippen LogP contribution in [0.5, 0.6) is 5.75 Å². The van der Waals surface area contributed by atoms with E-state index in [1.165, 1.54) is 0 Å². The Bertz CT molecular complexity index is 1090. The molecule has 0 saturated carbocycles. The van der Waals surface area contributed by atoms with Crippen LogP contribution >= 0.6 is 0 Å². The summed E-state index contributed by atoms with van der Waals surface area (Å²) in [6.07, 6.45) is 6.78. The zero-order valence-corrected chi connectivity index (χ0v) is 24.1. The quantitative estimate of drug-likeness (QED) is 0.122. The minimum atomic E-state index is -0.649. The summed E-state index contributed by atoms with van der Waals surface area (Å²) in [4.78, 5) is 38.0. The van der Waals surface area contributed by atoms with Crippen molar-refractivity contribution >= 4 is 17.8 Å². The number of unbranched alkanes of at least 4 members (excludes halogenated alkanes) is 2. The molecule has 3 N–H and O–H groups in total. The van der Waals surface area contributed by atoms with Crippen molar-refractivity contribution in [2.45, 2.75) is 70.6 Å². The van der Waals surface area contributed by atoms with Crippen molar-refractivity contribution in [3.63, 3.8) is 0 Å². The number of nitrogens with one attached hydrogen (secondary N) is 2. The summed E-state index contributed by atoms with van der Waals surface area (Å²) in [5.41, 5.74) is 2.00. The van der Waals surface area contributed by atoms with Crippen molar-refractivity contribution in [3.8, 4) is 5.75 Å². The van der Waals surface area contributed by atoms with Crippen LogP contribution in [0.25, 0.3) is 0 Å². The standard InChI is InChI=1S/C33H44N2O6/c1-4-6-7-11-15-32(38)41-24-29(35-33(39)28(12-5-2)21-31(37)34-25(3)22-36)20-26-16-18-30(19-17-26)40-23-27-13-9-8-10-14-27/h4-5,8-10,13-14,16-19,25,28-29,36H,1-2,6-7,11-12,15,20-24H2,3H3,(H,34,37)(H,35,39)/t25-,28-,29+/m1/s1. The highest BCUT2D eigenvalue weighted by Gasteiger charge is 2.25. The molecule has 8 heteroatoms. The molecule has 0 fully saturated rings. The Morgan fingerprint density at radius 1 is 0.951 bits per heavy atom. The van der Waals surface area contributed by atoms with Crippen LogP contribution in [0.1, 0.15) is 56.6 Å². The second kappa shape index (κ2) is 19.2. The Kier molecular flexibility index (Phi) is 15.6. The summed E-state index contributed by atoms with van der Waals surface area (Å²) < 4.78 is 11.4. The number of aliphatic hydroxyl groups excluding tert-OH is 1. The predicted octanol–water partition coefficient (Wildman–Crippen LogP) is 4.66. The third-order valence-corrected chi connectivity index (χ3v) is 6.42. The number of amides is 2. The third-order valence-electron chi connectivity index (χ3n) is 6.42. The minimum Gasteiger partial charge on any atom is -0.489 e. The number of allylic oxidation sites excluding steroid dienone is 2. The molecule has 2 amide bonds. The number of aliphatic hydroxyl groups is 1. The molecule has 41 heavy (non-hydrogen) atoms. The Hall–Kier alpha value is -3.91. The molecule has 0 radical (unpaired) electrons. The molecular weight excluding hydrogens is 520 g/mol. The van der Waals surface area contributed by atoms with Gasteiger partial charge in [0.2, 0.25) is 11.8 Å². The van der Waals surface area contributed by atoms with Gasteiger partial charge in [0.1, 0.15) is 19.0 Å². The normalized spacial score (nSPS) is 12.8. The molecule has 0 aliphatic rings. The molecule has 2 aromatic carbocycles. The maximum Gasteiger partial charge on any atom is 0.305 e. The summed E-state index contributed by atoms with van der Waals surface area (Å²) in [6.45, 7) is 9.36. The van der Waals surface area contributed by atoms with Crippen molar-refractivity contribution in [1.82, 2.24) is 10.6 Å². The van der Waals surface area contributed by atoms with Crippen molar-refractivity contribution in [3.05, 3.63) is 91.0 Å². The van der Waals surface area contributed by atoms with E-state index in [-0.39, 0.29) is 37.4 Å². The monoisotopic (exact) mass is 564 g/mol. The molecule has 0 bridgehead atoms. The van der Waals surface area contributed by atoms with Gasteiger partial charge in [0.05, 0.1) is 18.6 Å². The molecule has 222 valence electrons. The van der Waals surface area contributed by atoms with Gasteiger partial charge in [-0.05, 0) is 62.3 Å². The Labute approximate surface area is 243 Å². The van der Waals surface area contributed by atoms with Crippen molar-refractivity contribution in [2.75, 3.05) is 13.2 Å². The molecule has 0 aliphatic heterocycles. The van der Waals surface area contributed by atoms with E-state index in [1.54, 1.807) is 13.0 Å². The number of ether oxygens (including phenoxy) is 2. The number of benzene rings is 2. The summed E-state index contributed by atoms with van der Waals surface area (Å²) in [6, 6.07) is 16.6. The summed E-state index contributed by atoms with van der Waals surface area (Å²) in [7, 11) is 0. The van der Waals surface area contributed by atoms with Gasteiger partial charge < -0.3 is 25.2 Å². The molecule has 2 aromatic rings. The van der Waals surface area contributed by atoms with Crippen molar-refractivity contribution in [2.24, 2.45) is 5.92 Å². The number of hydrogen-bond acceptors (Lipinski definition) is 6. The smallest absolute Gasteiger partial charge is 0.305 e. The average Bonchev–Trinajstić information content (AvgIpc) is 2.98. The van der Waals surface area contributed by atoms with Crippen LogP contribution in [-0.4, -0.2) is 48.2 Å². The van der Waals surface area contributed by atoms with E-state index >= 15 is 0 Å². The molecule has 2 rings (SSSR count). The topological polar surface area (TPSA) is 114 Å². The lowest BCUT2D eigenvalue weighted by Crippen LogP contribution is -2.45. The van der Waals surface area contributed by atoms with Crippen LogP contribution < -0.4 is 15.4 Å². The van der Waals surface area contributed by atoms with Crippen LogP contribution in [0.4, 0.5) is 0 Å². The Morgan fingerprint density at radius 2 is 1.68 bits per heavy atom. The van der Waals surface area contributed by atoms with E-state index in [4.69, 9.17) is 9.47 Å². The SMILES string of the molecule is C=CCCCCC(=O)OC[C@H](Cc1ccc(OCc2ccccc2)cc1)NC(=O)[C@H](CC=C)CC(=O)N[C@H](C)CO. The molecule has 0 spiro atoms. The second-order valence-corrected chi connectivity index (χ2v) is 10.1. The van der Waals surface area contributed by atoms with E-state index < -0.39 is 18.0 Å². The first-order chi connectivity index (χ1) is 19.8. The fourth-order valence-electron chi connectivity index (χ4n) is 4.13. The zero-order chi connectivity index (χ0) is 29.9. The number of hydrogen-bond donors (Lipinski definition) is 3. The largest absolute Gasteiger partial charge is 0.489 e. The number of rotatable bonds is 20. The minimum absolute atomic E-state index is 0.00679. The van der Waals surface area contributed by atoms with E-state index in [9.17, 15) is 19.5 Å². The molecule has 0 saturated heterocycles. The predicted molar refractivity (Wildman–Crippen MR) is 160 cm³/mol. The first kappa shape index (κ1) is 33.3. The lowest BCUT2D eigenvalue weighted by molar-refractivity contribution is -0.145. The lowest BCUT2D eigenvalue weighted by Gasteiger charge is -2.23. The van der Waals surface area contributed by atoms with E-state index in [0.29, 0.717) is 32.3 Å². The Balaban J connectivity index is 2.04. The molecule has 0 aliphatic carbocycles. The van der Waals surface area contributed by atoms with Gasteiger partial charge in [-0.3, -0.25) is 14.4 Å². The maximum atomic E-state index is 13.2. The van der Waals surface area contributed by atoms with Gasteiger partial charge in [0, 0.05) is 18.9 Å². The fourth-order valence-corrected chi connectivity index (χ4v) is 4.13. The van der Waals surface area contributed by atoms with Gasteiger partial charge in [-0.2, -0.15) is 0 Å². The number of carbonyl (C=O) groups excluding carboxylic acids is 3. The van der Waals surface area contributed by atoms with E-state index in [0.717, 1.165) is 29.7 Å². The maximum absolute atomic E-state index is 13.2. The van der Waals surface area contributed by atoms with Gasteiger partial charge in [-0.25, -0.2) is 0 Å². The molecular formula is C33H44N2O6. The van der Waals surface area contributed by atoms with Crippen LogP contribution in [0.15, 0.2) is 79.9 Å². The molecule has 3 atom stereocenters. The summed E-state index contributed by atoms with van der Waals surface area (Å²) in [5, 5.41) is 14.9. The second-order valence-electron chi connectivity index (χ2n) is 10.1. The van der Waals surface area contributed by atoms with Crippen LogP contribution in [-0.2, 0) is 32.1 Å². The average molecular weight is 565 g/mol. The molecule has 0 unspecified atom stereocenters. The van der Waals surface area contributed by atoms with Gasteiger partial charge in [0.25, 0.3) is 0 Å². The highest BCUT2D eigenvalue weighted by atomic mass is 16.5. The van der Waals surface area contributed by atoms with E-state index in [1.807, 2.05) is 60.7 Å². The lowest BCUT2D eigenvalue weighted by atomic mass is 9.98. The first-order valence-corrected chi connectivity index (χ1v) is 14.2. The molecule has 0 aromatic heterocycles. The van der Waals surface area contributed by atoms with Gasteiger partial charge in [0.15, 0.2) is 0 Å². The third kappa shape index (κ3) is 13.8. The Morgan fingerprint density at radius 3 is 2.34 bits per heavy atom. The number of esters is 1. The highest BCUT2D eigenvalue weighted by Crippen LogP contribution is 2.17. The van der Waals surface area contributed by atoms with Crippen LogP contribution in [0, 0.1) is 5.92 Å².